The van der Waals surface area contributed by atoms with Crippen LogP contribution in [0.1, 0.15) is 16.1 Å². The standard InChI is InChI=1S/C18H16N4O/c1-13-7-9-15(10-8-13)20-17(23)16-11-12-19-18(22-16)21-14-5-3-2-4-6-14/h2-12H,1H3,(H,20,23)(H,19,21,22). The Morgan fingerprint density at radius 3 is 2.39 bits per heavy atom. The zero-order valence-electron chi connectivity index (χ0n) is 12.7. The van der Waals surface area contributed by atoms with Gasteiger partial charge in [-0.05, 0) is 37.3 Å². The number of rotatable bonds is 4. The molecule has 0 bridgehead atoms. The molecular weight excluding hydrogens is 288 g/mol. The maximum absolute atomic E-state index is 12.3. The Bertz CT molecular complexity index is 801. The van der Waals surface area contributed by atoms with E-state index < -0.39 is 0 Å². The summed E-state index contributed by atoms with van der Waals surface area (Å²) in [5.74, 6) is 0.111. The average molecular weight is 304 g/mol. The molecule has 23 heavy (non-hydrogen) atoms. The molecule has 0 atom stereocenters. The molecule has 2 aromatic carbocycles. The van der Waals surface area contributed by atoms with Crippen LogP contribution in [0.25, 0.3) is 0 Å². The molecule has 1 heterocycles. The summed E-state index contributed by atoms with van der Waals surface area (Å²) in [7, 11) is 0. The molecule has 1 amide bonds. The normalized spacial score (nSPS) is 10.1. The Kier molecular flexibility index (Phi) is 4.29. The van der Waals surface area contributed by atoms with Crippen molar-refractivity contribution in [1.29, 1.82) is 0 Å². The van der Waals surface area contributed by atoms with Gasteiger partial charge in [0, 0.05) is 17.6 Å². The van der Waals surface area contributed by atoms with E-state index in [2.05, 4.69) is 20.6 Å². The van der Waals surface area contributed by atoms with Crippen LogP contribution in [0.5, 0.6) is 0 Å². The number of anilines is 3. The lowest BCUT2D eigenvalue weighted by Crippen LogP contribution is -2.14. The summed E-state index contributed by atoms with van der Waals surface area (Å²) in [5.41, 5.74) is 3.04. The number of benzene rings is 2. The predicted molar refractivity (Wildman–Crippen MR) is 90.9 cm³/mol. The van der Waals surface area contributed by atoms with Gasteiger partial charge in [0.1, 0.15) is 5.69 Å². The number of hydrogen-bond donors (Lipinski definition) is 2. The minimum Gasteiger partial charge on any atom is -0.324 e. The monoisotopic (exact) mass is 304 g/mol. The minimum absolute atomic E-state index is 0.271. The van der Waals surface area contributed by atoms with Crippen LogP contribution < -0.4 is 10.6 Å². The van der Waals surface area contributed by atoms with Crippen LogP contribution in [0.2, 0.25) is 0 Å². The zero-order valence-corrected chi connectivity index (χ0v) is 12.7. The molecule has 114 valence electrons. The first kappa shape index (κ1) is 14.7. The number of carbonyl (C=O) groups excluding carboxylic acids is 1. The van der Waals surface area contributed by atoms with Crippen LogP contribution >= 0.6 is 0 Å². The van der Waals surface area contributed by atoms with E-state index >= 15 is 0 Å². The van der Waals surface area contributed by atoms with Gasteiger partial charge in [-0.2, -0.15) is 0 Å². The Hall–Kier alpha value is -3.21. The number of nitrogens with zero attached hydrogens (tertiary/aromatic N) is 2. The summed E-state index contributed by atoms with van der Waals surface area (Å²) in [6, 6.07) is 18.7. The van der Waals surface area contributed by atoms with Crippen molar-refractivity contribution < 1.29 is 4.79 Å². The van der Waals surface area contributed by atoms with E-state index in [1.807, 2.05) is 61.5 Å². The van der Waals surface area contributed by atoms with Crippen molar-refractivity contribution in [2.24, 2.45) is 0 Å². The summed E-state index contributed by atoms with van der Waals surface area (Å²) in [6.45, 7) is 2.00. The third-order valence-electron chi connectivity index (χ3n) is 3.23. The van der Waals surface area contributed by atoms with E-state index in [1.54, 1.807) is 12.3 Å². The van der Waals surface area contributed by atoms with Crippen molar-refractivity contribution in [2.45, 2.75) is 6.92 Å². The summed E-state index contributed by atoms with van der Waals surface area (Å²) < 4.78 is 0. The van der Waals surface area contributed by atoms with Gasteiger partial charge >= 0.3 is 0 Å². The van der Waals surface area contributed by atoms with E-state index in [1.165, 1.54) is 0 Å². The second-order valence-corrected chi connectivity index (χ2v) is 5.08. The van der Waals surface area contributed by atoms with Gasteiger partial charge in [-0.25, -0.2) is 9.97 Å². The fourth-order valence-corrected chi connectivity index (χ4v) is 2.03. The van der Waals surface area contributed by atoms with Crippen LogP contribution in [0.4, 0.5) is 17.3 Å². The fourth-order valence-electron chi connectivity index (χ4n) is 2.03. The second-order valence-electron chi connectivity index (χ2n) is 5.08. The topological polar surface area (TPSA) is 66.9 Å². The second kappa shape index (κ2) is 6.70. The lowest BCUT2D eigenvalue weighted by Gasteiger charge is -2.07. The fraction of sp³-hybridized carbons (Fsp3) is 0.0556. The maximum atomic E-state index is 12.3. The average Bonchev–Trinajstić information content (AvgIpc) is 2.58. The molecule has 5 heteroatoms. The molecule has 2 N–H and O–H groups in total. The molecule has 0 radical (unpaired) electrons. The van der Waals surface area contributed by atoms with E-state index in [-0.39, 0.29) is 5.91 Å². The SMILES string of the molecule is Cc1ccc(NC(=O)c2ccnc(Nc3ccccc3)n2)cc1. The molecule has 0 saturated carbocycles. The number of nitrogens with one attached hydrogen (secondary N) is 2. The van der Waals surface area contributed by atoms with Crippen LogP contribution in [-0.2, 0) is 0 Å². The molecule has 0 spiro atoms. The lowest BCUT2D eigenvalue weighted by molar-refractivity contribution is 0.102. The number of carbonyl (C=O) groups is 1. The highest BCUT2D eigenvalue weighted by atomic mass is 16.1. The lowest BCUT2D eigenvalue weighted by atomic mass is 10.2. The van der Waals surface area contributed by atoms with Gasteiger partial charge in [-0.3, -0.25) is 4.79 Å². The molecule has 3 aromatic rings. The number of amides is 1. The quantitative estimate of drug-likeness (QED) is 0.769. The number of para-hydroxylation sites is 1. The van der Waals surface area contributed by atoms with Gasteiger partial charge in [0.25, 0.3) is 5.91 Å². The Morgan fingerprint density at radius 2 is 1.65 bits per heavy atom. The molecule has 1 aromatic heterocycles. The van der Waals surface area contributed by atoms with Gasteiger partial charge < -0.3 is 10.6 Å². The van der Waals surface area contributed by atoms with Crippen LogP contribution in [0.15, 0.2) is 66.9 Å². The molecule has 0 fully saturated rings. The molecule has 0 aliphatic rings. The van der Waals surface area contributed by atoms with Crippen molar-refractivity contribution in [3.63, 3.8) is 0 Å². The summed E-state index contributed by atoms with van der Waals surface area (Å²) in [4.78, 5) is 20.7. The van der Waals surface area contributed by atoms with E-state index in [0.717, 1.165) is 16.9 Å². The van der Waals surface area contributed by atoms with Crippen molar-refractivity contribution >= 4 is 23.2 Å². The minimum atomic E-state index is -0.271. The smallest absolute Gasteiger partial charge is 0.274 e. The van der Waals surface area contributed by atoms with Crippen molar-refractivity contribution in [1.82, 2.24) is 9.97 Å². The summed E-state index contributed by atoms with van der Waals surface area (Å²) >= 11 is 0. The van der Waals surface area contributed by atoms with Gasteiger partial charge in [0.05, 0.1) is 0 Å². The number of hydrogen-bond acceptors (Lipinski definition) is 4. The third-order valence-corrected chi connectivity index (χ3v) is 3.23. The number of aromatic nitrogens is 2. The number of aryl methyl sites for hydroxylation is 1. The highest BCUT2D eigenvalue weighted by Gasteiger charge is 2.09. The molecule has 0 aliphatic carbocycles. The van der Waals surface area contributed by atoms with Crippen LogP contribution in [-0.4, -0.2) is 15.9 Å². The zero-order chi connectivity index (χ0) is 16.1. The van der Waals surface area contributed by atoms with Crippen molar-refractivity contribution in [3.8, 4) is 0 Å². The first-order chi connectivity index (χ1) is 11.2. The molecule has 3 rings (SSSR count). The molecule has 0 saturated heterocycles. The van der Waals surface area contributed by atoms with E-state index in [0.29, 0.717) is 11.6 Å². The van der Waals surface area contributed by atoms with Gasteiger partial charge in [-0.1, -0.05) is 35.9 Å². The third kappa shape index (κ3) is 3.91. The Balaban J connectivity index is 1.73. The van der Waals surface area contributed by atoms with Gasteiger partial charge in [-0.15, -0.1) is 0 Å². The Morgan fingerprint density at radius 1 is 0.913 bits per heavy atom. The molecule has 0 aliphatic heterocycles. The molecule has 0 unspecified atom stereocenters. The van der Waals surface area contributed by atoms with E-state index in [4.69, 9.17) is 0 Å². The largest absolute Gasteiger partial charge is 0.324 e. The van der Waals surface area contributed by atoms with Crippen LogP contribution in [0, 0.1) is 6.92 Å². The molecular formula is C18H16N4O. The van der Waals surface area contributed by atoms with Crippen molar-refractivity contribution in [2.75, 3.05) is 10.6 Å². The van der Waals surface area contributed by atoms with Crippen LogP contribution in [0.3, 0.4) is 0 Å². The maximum Gasteiger partial charge on any atom is 0.274 e. The highest BCUT2D eigenvalue weighted by molar-refractivity contribution is 6.03. The van der Waals surface area contributed by atoms with Gasteiger partial charge in [0.15, 0.2) is 0 Å². The first-order valence-corrected chi connectivity index (χ1v) is 7.24. The summed E-state index contributed by atoms with van der Waals surface area (Å²) in [6.07, 6.45) is 1.56. The predicted octanol–water partition coefficient (Wildman–Crippen LogP) is 3.78. The summed E-state index contributed by atoms with van der Waals surface area (Å²) in [5, 5.41) is 5.89. The van der Waals surface area contributed by atoms with Crippen molar-refractivity contribution in [3.05, 3.63) is 78.1 Å². The molecule has 5 nitrogen and oxygen atoms in total. The van der Waals surface area contributed by atoms with Gasteiger partial charge in [0.2, 0.25) is 5.95 Å². The Labute approximate surface area is 134 Å². The highest BCUT2D eigenvalue weighted by Crippen LogP contribution is 2.13. The van der Waals surface area contributed by atoms with E-state index in [9.17, 15) is 4.79 Å². The first-order valence-electron chi connectivity index (χ1n) is 7.24.